The molecule has 1 saturated carbocycles. The molecule has 6 nitrogen and oxygen atoms in total. The van der Waals surface area contributed by atoms with Gasteiger partial charge >= 0.3 is 0 Å². The van der Waals surface area contributed by atoms with Crippen molar-refractivity contribution >= 4 is 27.3 Å². The van der Waals surface area contributed by atoms with Gasteiger partial charge in [-0.05, 0) is 55.0 Å². The van der Waals surface area contributed by atoms with Crippen molar-refractivity contribution in [2.75, 3.05) is 20.2 Å². The molecule has 2 N–H and O–H groups in total. The third-order valence-electron chi connectivity index (χ3n) is 5.33. The summed E-state index contributed by atoms with van der Waals surface area (Å²) < 4.78 is 32.5. The number of amides is 1. The Morgan fingerprint density at radius 1 is 1.25 bits per heavy atom. The Balaban J connectivity index is 1.58. The minimum absolute atomic E-state index is 0.0181. The summed E-state index contributed by atoms with van der Waals surface area (Å²) in [6, 6.07) is 8.76. The molecule has 1 aromatic heterocycles. The first-order chi connectivity index (χ1) is 13.4. The van der Waals surface area contributed by atoms with Gasteiger partial charge in [-0.15, -0.1) is 11.3 Å². The van der Waals surface area contributed by atoms with E-state index in [-0.39, 0.29) is 22.8 Å². The molecule has 28 heavy (non-hydrogen) atoms. The lowest BCUT2D eigenvalue weighted by atomic mass is 9.84. The van der Waals surface area contributed by atoms with E-state index < -0.39 is 10.0 Å². The van der Waals surface area contributed by atoms with Crippen LogP contribution in [0.2, 0.25) is 0 Å². The van der Waals surface area contributed by atoms with Crippen LogP contribution in [0.5, 0.6) is 5.75 Å². The van der Waals surface area contributed by atoms with Crippen LogP contribution in [0, 0.1) is 6.92 Å². The van der Waals surface area contributed by atoms with Gasteiger partial charge in [-0.2, -0.15) is 0 Å². The fourth-order valence-corrected chi connectivity index (χ4v) is 5.79. The topological polar surface area (TPSA) is 84.5 Å². The Kier molecular flexibility index (Phi) is 6.42. The minimum Gasteiger partial charge on any atom is -0.496 e. The van der Waals surface area contributed by atoms with Crippen LogP contribution in [-0.2, 0) is 20.2 Å². The fraction of sp³-hybridized carbons (Fsp3) is 0.450. The average Bonchev–Trinajstić information content (AvgIpc) is 3.37. The van der Waals surface area contributed by atoms with Crippen molar-refractivity contribution in [2.24, 2.45) is 0 Å². The third kappa shape index (κ3) is 4.56. The zero-order valence-corrected chi connectivity index (χ0v) is 17.8. The molecule has 0 radical (unpaired) electrons. The molecule has 0 unspecified atom stereocenters. The summed E-state index contributed by atoms with van der Waals surface area (Å²) in [7, 11) is -2.23. The molecule has 8 heteroatoms. The molecule has 2 aromatic rings. The molecule has 0 atom stereocenters. The van der Waals surface area contributed by atoms with Crippen LogP contribution >= 0.6 is 11.3 Å². The maximum atomic E-state index is 12.5. The van der Waals surface area contributed by atoms with Crippen molar-refractivity contribution in [1.29, 1.82) is 0 Å². The van der Waals surface area contributed by atoms with Crippen LogP contribution in [0.15, 0.2) is 40.6 Å². The van der Waals surface area contributed by atoms with Crippen molar-refractivity contribution in [3.05, 3.63) is 46.2 Å². The van der Waals surface area contributed by atoms with Gasteiger partial charge in [0.15, 0.2) is 0 Å². The van der Waals surface area contributed by atoms with E-state index in [0.717, 1.165) is 25.7 Å². The van der Waals surface area contributed by atoms with Crippen molar-refractivity contribution in [3.8, 4) is 5.75 Å². The van der Waals surface area contributed by atoms with E-state index >= 15 is 0 Å². The predicted molar refractivity (Wildman–Crippen MR) is 110 cm³/mol. The van der Waals surface area contributed by atoms with Gasteiger partial charge in [0.25, 0.3) is 0 Å². The molecule has 1 aliphatic rings. The number of hydrogen-bond acceptors (Lipinski definition) is 5. The summed E-state index contributed by atoms with van der Waals surface area (Å²) in [5.41, 5.74) is 0.699. The molecule has 1 amide bonds. The third-order valence-corrected chi connectivity index (χ3v) is 7.84. The van der Waals surface area contributed by atoms with E-state index in [0.29, 0.717) is 17.9 Å². The van der Waals surface area contributed by atoms with Crippen molar-refractivity contribution in [2.45, 2.75) is 42.9 Å². The van der Waals surface area contributed by atoms with Crippen LogP contribution in [-0.4, -0.2) is 34.5 Å². The Labute approximate surface area is 170 Å². The first-order valence-corrected chi connectivity index (χ1v) is 11.7. The number of nitrogens with one attached hydrogen (secondary N) is 2. The highest BCUT2D eigenvalue weighted by Crippen LogP contribution is 2.42. The number of rotatable bonds is 8. The molecule has 1 aliphatic carbocycles. The Hall–Kier alpha value is -1.90. The molecule has 0 saturated heterocycles. The minimum atomic E-state index is -3.76. The number of sulfonamides is 1. The normalized spacial score (nSPS) is 16.1. The molecule has 0 spiro atoms. The molecular formula is C20H26N2O4S2. The number of benzene rings is 1. The second-order valence-corrected chi connectivity index (χ2v) is 9.91. The van der Waals surface area contributed by atoms with Gasteiger partial charge in [0.2, 0.25) is 15.9 Å². The van der Waals surface area contributed by atoms with E-state index in [2.05, 4.69) is 21.5 Å². The zero-order valence-electron chi connectivity index (χ0n) is 16.2. The van der Waals surface area contributed by atoms with Crippen LogP contribution in [0.25, 0.3) is 0 Å². The number of methoxy groups -OCH3 is 1. The lowest BCUT2D eigenvalue weighted by molar-refractivity contribution is -0.120. The van der Waals surface area contributed by atoms with Gasteiger partial charge in [0.1, 0.15) is 5.75 Å². The number of hydrogen-bond donors (Lipinski definition) is 2. The highest BCUT2D eigenvalue weighted by Gasteiger charge is 2.36. The van der Waals surface area contributed by atoms with Gasteiger partial charge < -0.3 is 10.1 Å². The quantitative estimate of drug-likeness (QED) is 0.685. The molecule has 0 aliphatic heterocycles. The molecule has 1 aromatic carbocycles. The van der Waals surface area contributed by atoms with Crippen LogP contribution in [0.1, 0.15) is 36.1 Å². The second-order valence-electron chi connectivity index (χ2n) is 7.20. The van der Waals surface area contributed by atoms with Gasteiger partial charge in [-0.3, -0.25) is 4.79 Å². The lowest BCUT2D eigenvalue weighted by Crippen LogP contribution is -2.43. The molecule has 1 heterocycles. The van der Waals surface area contributed by atoms with Gasteiger partial charge in [0.05, 0.1) is 18.6 Å². The lowest BCUT2D eigenvalue weighted by Gasteiger charge is -2.28. The van der Waals surface area contributed by atoms with E-state index in [4.69, 9.17) is 4.74 Å². The SMILES string of the molecule is COc1ccc(S(=O)(=O)NCC(=O)NCC2(c3cccs3)CCCC2)cc1C. The highest BCUT2D eigenvalue weighted by atomic mass is 32.2. The Morgan fingerprint density at radius 3 is 2.61 bits per heavy atom. The van der Waals surface area contributed by atoms with E-state index in [1.807, 2.05) is 6.07 Å². The Morgan fingerprint density at radius 2 is 2.00 bits per heavy atom. The summed E-state index contributed by atoms with van der Waals surface area (Å²) in [5, 5.41) is 4.99. The standard InChI is InChI=1S/C20H26N2O4S2/c1-15-12-16(7-8-17(15)26-2)28(24,25)22-13-19(23)21-14-20(9-3-4-10-20)18-6-5-11-27-18/h5-8,11-12,22H,3-4,9-10,13-14H2,1-2H3,(H,21,23). The van der Waals surface area contributed by atoms with Crippen LogP contribution in [0.4, 0.5) is 0 Å². The number of ether oxygens (including phenoxy) is 1. The van der Waals surface area contributed by atoms with Gasteiger partial charge in [-0.25, -0.2) is 13.1 Å². The second kappa shape index (κ2) is 8.63. The number of carbonyl (C=O) groups is 1. The molecule has 3 rings (SSSR count). The van der Waals surface area contributed by atoms with Crippen LogP contribution < -0.4 is 14.8 Å². The average molecular weight is 423 g/mol. The summed E-state index contributed by atoms with van der Waals surface area (Å²) in [6.45, 7) is 2.03. The molecule has 0 bridgehead atoms. The van der Waals surface area contributed by atoms with Crippen molar-refractivity contribution < 1.29 is 17.9 Å². The van der Waals surface area contributed by atoms with E-state index in [1.165, 1.54) is 24.1 Å². The van der Waals surface area contributed by atoms with Gasteiger partial charge in [0, 0.05) is 16.8 Å². The summed E-state index contributed by atoms with van der Waals surface area (Å²) >= 11 is 1.72. The predicted octanol–water partition coefficient (Wildman–Crippen LogP) is 2.97. The first-order valence-electron chi connectivity index (χ1n) is 9.31. The zero-order chi connectivity index (χ0) is 20.2. The molecule has 1 fully saturated rings. The number of thiophene rings is 1. The van der Waals surface area contributed by atoms with Crippen molar-refractivity contribution in [1.82, 2.24) is 10.0 Å². The van der Waals surface area contributed by atoms with Crippen molar-refractivity contribution in [3.63, 3.8) is 0 Å². The monoisotopic (exact) mass is 422 g/mol. The highest BCUT2D eigenvalue weighted by molar-refractivity contribution is 7.89. The smallest absolute Gasteiger partial charge is 0.241 e. The molecule has 152 valence electrons. The Bertz CT molecular complexity index is 918. The maximum absolute atomic E-state index is 12.5. The first kappa shape index (κ1) is 20.8. The largest absolute Gasteiger partial charge is 0.496 e. The fourth-order valence-electron chi connectivity index (χ4n) is 3.73. The van der Waals surface area contributed by atoms with Crippen LogP contribution in [0.3, 0.4) is 0 Å². The summed E-state index contributed by atoms with van der Waals surface area (Å²) in [6.07, 6.45) is 4.39. The number of carbonyl (C=O) groups excluding carboxylic acids is 1. The van der Waals surface area contributed by atoms with E-state index in [1.54, 1.807) is 24.3 Å². The van der Waals surface area contributed by atoms with E-state index in [9.17, 15) is 13.2 Å². The molecular weight excluding hydrogens is 396 g/mol. The summed E-state index contributed by atoms with van der Waals surface area (Å²) in [4.78, 5) is 13.7. The summed E-state index contributed by atoms with van der Waals surface area (Å²) in [5.74, 6) is 0.295. The van der Waals surface area contributed by atoms with Gasteiger partial charge in [-0.1, -0.05) is 18.9 Å². The number of aryl methyl sites for hydroxylation is 1. The maximum Gasteiger partial charge on any atom is 0.241 e.